The van der Waals surface area contributed by atoms with E-state index in [1.165, 1.54) is 0 Å². The standard InChI is InChI=1S/C21H22N4O3/c1-14(2)18(21-24-19(25-28-21)15-9-5-3-6-10-15)23-17(26)13-22-20(27)16-11-7-4-8-12-16/h3-12,14,18H,13H2,1-2H3,(H,22,27)(H,23,26). The van der Waals surface area contributed by atoms with Crippen LogP contribution in [0.3, 0.4) is 0 Å². The van der Waals surface area contributed by atoms with Crippen molar-refractivity contribution in [3.05, 3.63) is 72.1 Å². The van der Waals surface area contributed by atoms with Gasteiger partial charge in [-0.25, -0.2) is 0 Å². The van der Waals surface area contributed by atoms with Crippen molar-refractivity contribution in [2.24, 2.45) is 5.92 Å². The minimum atomic E-state index is -0.453. The number of rotatable bonds is 7. The van der Waals surface area contributed by atoms with Crippen molar-refractivity contribution in [2.45, 2.75) is 19.9 Å². The van der Waals surface area contributed by atoms with E-state index in [0.717, 1.165) is 5.56 Å². The fourth-order valence-electron chi connectivity index (χ4n) is 2.66. The lowest BCUT2D eigenvalue weighted by Gasteiger charge is -2.18. The highest BCUT2D eigenvalue weighted by Gasteiger charge is 2.25. The number of nitrogens with one attached hydrogen (secondary N) is 2. The second-order valence-electron chi connectivity index (χ2n) is 6.66. The van der Waals surface area contributed by atoms with Gasteiger partial charge in [-0.05, 0) is 18.1 Å². The van der Waals surface area contributed by atoms with Crippen molar-refractivity contribution in [1.29, 1.82) is 0 Å². The van der Waals surface area contributed by atoms with E-state index < -0.39 is 6.04 Å². The van der Waals surface area contributed by atoms with E-state index in [-0.39, 0.29) is 24.3 Å². The first-order valence-corrected chi connectivity index (χ1v) is 9.06. The molecule has 0 saturated heterocycles. The van der Waals surface area contributed by atoms with Crippen LogP contribution in [-0.2, 0) is 4.79 Å². The van der Waals surface area contributed by atoms with Crippen molar-refractivity contribution in [2.75, 3.05) is 6.54 Å². The average Bonchev–Trinajstić information content (AvgIpc) is 3.21. The van der Waals surface area contributed by atoms with Crippen LogP contribution in [0.25, 0.3) is 11.4 Å². The van der Waals surface area contributed by atoms with Gasteiger partial charge in [0.1, 0.15) is 6.04 Å². The molecule has 1 aromatic heterocycles. The highest BCUT2D eigenvalue weighted by Crippen LogP contribution is 2.23. The molecular weight excluding hydrogens is 356 g/mol. The molecule has 3 aromatic rings. The molecule has 0 aliphatic rings. The first kappa shape index (κ1) is 19.3. The lowest BCUT2D eigenvalue weighted by molar-refractivity contribution is -0.121. The number of aromatic nitrogens is 2. The summed E-state index contributed by atoms with van der Waals surface area (Å²) in [6, 6.07) is 17.7. The van der Waals surface area contributed by atoms with E-state index >= 15 is 0 Å². The van der Waals surface area contributed by atoms with Crippen LogP contribution in [0.5, 0.6) is 0 Å². The Kier molecular flexibility index (Phi) is 6.16. The second kappa shape index (κ2) is 8.94. The van der Waals surface area contributed by atoms with Crippen LogP contribution in [0, 0.1) is 5.92 Å². The van der Waals surface area contributed by atoms with Crippen molar-refractivity contribution in [3.8, 4) is 11.4 Å². The number of hydrogen-bond donors (Lipinski definition) is 2. The normalized spacial score (nSPS) is 11.8. The molecule has 144 valence electrons. The van der Waals surface area contributed by atoms with Gasteiger partial charge in [-0.1, -0.05) is 67.5 Å². The van der Waals surface area contributed by atoms with Crippen molar-refractivity contribution in [3.63, 3.8) is 0 Å². The summed E-state index contributed by atoms with van der Waals surface area (Å²) in [5.41, 5.74) is 1.33. The fourth-order valence-corrected chi connectivity index (χ4v) is 2.66. The molecule has 0 bridgehead atoms. The summed E-state index contributed by atoms with van der Waals surface area (Å²) < 4.78 is 5.38. The highest BCUT2D eigenvalue weighted by molar-refractivity contribution is 5.96. The number of carbonyl (C=O) groups excluding carboxylic acids is 2. The third-order valence-electron chi connectivity index (χ3n) is 4.17. The van der Waals surface area contributed by atoms with E-state index in [0.29, 0.717) is 17.3 Å². The number of benzene rings is 2. The summed E-state index contributed by atoms with van der Waals surface area (Å²) in [7, 11) is 0. The van der Waals surface area contributed by atoms with Crippen LogP contribution in [0.2, 0.25) is 0 Å². The van der Waals surface area contributed by atoms with Gasteiger partial charge in [-0.15, -0.1) is 0 Å². The zero-order valence-corrected chi connectivity index (χ0v) is 15.8. The molecule has 2 N–H and O–H groups in total. The molecule has 2 aromatic carbocycles. The SMILES string of the molecule is CC(C)C(NC(=O)CNC(=O)c1ccccc1)c1nc(-c2ccccc2)no1. The summed E-state index contributed by atoms with van der Waals surface area (Å²) in [6.07, 6.45) is 0. The fraction of sp³-hybridized carbons (Fsp3) is 0.238. The largest absolute Gasteiger partial charge is 0.343 e. The van der Waals surface area contributed by atoms with E-state index in [2.05, 4.69) is 20.8 Å². The molecule has 28 heavy (non-hydrogen) atoms. The van der Waals surface area contributed by atoms with Gasteiger partial charge in [0.15, 0.2) is 0 Å². The van der Waals surface area contributed by atoms with Crippen LogP contribution in [0.1, 0.15) is 36.1 Å². The Morgan fingerprint density at radius 3 is 2.29 bits per heavy atom. The minimum absolute atomic E-state index is 0.0258. The molecule has 0 aliphatic heterocycles. The zero-order valence-electron chi connectivity index (χ0n) is 15.8. The number of carbonyl (C=O) groups is 2. The molecule has 1 unspecified atom stereocenters. The summed E-state index contributed by atoms with van der Waals surface area (Å²) in [6.45, 7) is 3.75. The summed E-state index contributed by atoms with van der Waals surface area (Å²) in [4.78, 5) is 28.8. The molecule has 0 aliphatic carbocycles. The van der Waals surface area contributed by atoms with Crippen LogP contribution in [-0.4, -0.2) is 28.5 Å². The second-order valence-corrected chi connectivity index (χ2v) is 6.66. The Morgan fingerprint density at radius 2 is 1.64 bits per heavy atom. The number of hydrogen-bond acceptors (Lipinski definition) is 5. The first-order valence-electron chi connectivity index (χ1n) is 9.06. The first-order chi connectivity index (χ1) is 13.5. The Hall–Kier alpha value is -3.48. The predicted molar refractivity (Wildman–Crippen MR) is 104 cm³/mol. The number of nitrogens with zero attached hydrogens (tertiary/aromatic N) is 2. The summed E-state index contributed by atoms with van der Waals surface area (Å²) in [5, 5.41) is 9.47. The monoisotopic (exact) mass is 378 g/mol. The van der Waals surface area contributed by atoms with Gasteiger partial charge in [0, 0.05) is 11.1 Å². The molecule has 7 nitrogen and oxygen atoms in total. The van der Waals surface area contributed by atoms with Gasteiger partial charge in [0.25, 0.3) is 5.91 Å². The number of amides is 2. The van der Waals surface area contributed by atoms with Crippen molar-refractivity contribution >= 4 is 11.8 Å². The zero-order chi connectivity index (χ0) is 19.9. The molecule has 0 radical (unpaired) electrons. The maximum absolute atomic E-state index is 12.3. The lowest BCUT2D eigenvalue weighted by Crippen LogP contribution is -2.40. The summed E-state index contributed by atoms with van der Waals surface area (Å²) >= 11 is 0. The maximum atomic E-state index is 12.3. The van der Waals surface area contributed by atoms with Crippen LogP contribution < -0.4 is 10.6 Å². The smallest absolute Gasteiger partial charge is 0.251 e. The predicted octanol–water partition coefficient (Wildman–Crippen LogP) is 2.98. The third-order valence-corrected chi connectivity index (χ3v) is 4.17. The topological polar surface area (TPSA) is 97.1 Å². The quantitative estimate of drug-likeness (QED) is 0.659. The van der Waals surface area contributed by atoms with Crippen LogP contribution in [0.15, 0.2) is 65.2 Å². The minimum Gasteiger partial charge on any atom is -0.343 e. The molecule has 7 heteroatoms. The van der Waals surface area contributed by atoms with E-state index in [4.69, 9.17) is 4.52 Å². The maximum Gasteiger partial charge on any atom is 0.251 e. The van der Waals surface area contributed by atoms with Gasteiger partial charge in [-0.2, -0.15) is 4.98 Å². The molecule has 1 heterocycles. The molecule has 3 rings (SSSR count). The van der Waals surface area contributed by atoms with Crippen molar-refractivity contribution < 1.29 is 14.1 Å². The Morgan fingerprint density at radius 1 is 1.00 bits per heavy atom. The van der Waals surface area contributed by atoms with Crippen LogP contribution >= 0.6 is 0 Å². The Labute approximate surface area is 163 Å². The summed E-state index contributed by atoms with van der Waals surface area (Å²) in [5.74, 6) is 0.186. The molecule has 0 saturated carbocycles. The Balaban J connectivity index is 1.62. The Bertz CT molecular complexity index is 923. The highest BCUT2D eigenvalue weighted by atomic mass is 16.5. The van der Waals surface area contributed by atoms with Gasteiger partial charge < -0.3 is 15.2 Å². The van der Waals surface area contributed by atoms with Crippen molar-refractivity contribution in [1.82, 2.24) is 20.8 Å². The lowest BCUT2D eigenvalue weighted by atomic mass is 10.0. The van der Waals surface area contributed by atoms with Gasteiger partial charge in [0.05, 0.1) is 6.54 Å². The average molecular weight is 378 g/mol. The molecule has 2 amide bonds. The molecule has 1 atom stereocenters. The molecular formula is C21H22N4O3. The van der Waals surface area contributed by atoms with Gasteiger partial charge in [-0.3, -0.25) is 9.59 Å². The molecule has 0 fully saturated rings. The van der Waals surface area contributed by atoms with Gasteiger partial charge in [0.2, 0.25) is 17.6 Å². The van der Waals surface area contributed by atoms with E-state index in [9.17, 15) is 9.59 Å². The van der Waals surface area contributed by atoms with Crippen LogP contribution in [0.4, 0.5) is 0 Å². The third kappa shape index (κ3) is 4.82. The van der Waals surface area contributed by atoms with Gasteiger partial charge >= 0.3 is 0 Å². The molecule has 0 spiro atoms. The van der Waals surface area contributed by atoms with E-state index in [1.54, 1.807) is 24.3 Å². The van der Waals surface area contributed by atoms with E-state index in [1.807, 2.05) is 50.2 Å².